The van der Waals surface area contributed by atoms with Crippen LogP contribution in [0.25, 0.3) is 71.6 Å². The van der Waals surface area contributed by atoms with Gasteiger partial charge in [-0.2, -0.15) is 0 Å². The van der Waals surface area contributed by atoms with Gasteiger partial charge in [-0.3, -0.25) is 0 Å². The Labute approximate surface area is 315 Å². The van der Waals surface area contributed by atoms with Gasteiger partial charge < -0.3 is 9.47 Å². The van der Waals surface area contributed by atoms with Crippen LogP contribution < -0.4 is 4.90 Å². The van der Waals surface area contributed by atoms with Crippen LogP contribution in [0.2, 0.25) is 0 Å². The molecule has 1 heterocycles. The summed E-state index contributed by atoms with van der Waals surface area (Å²) in [6.07, 6.45) is 0. The van der Waals surface area contributed by atoms with E-state index in [1.807, 2.05) is 0 Å². The predicted octanol–water partition coefficient (Wildman–Crippen LogP) is 14.4. The molecule has 0 unspecified atom stereocenters. The van der Waals surface area contributed by atoms with Crippen molar-refractivity contribution >= 4 is 49.6 Å². The van der Waals surface area contributed by atoms with E-state index in [2.05, 4.69) is 228 Å². The Morgan fingerprint density at radius 1 is 0.296 bits per heavy atom. The van der Waals surface area contributed by atoms with E-state index in [1.165, 1.54) is 60.4 Å². The number of aromatic nitrogens is 1. The highest BCUT2D eigenvalue weighted by Gasteiger charge is 2.20. The van der Waals surface area contributed by atoms with Crippen LogP contribution >= 0.6 is 0 Å². The first-order valence-corrected chi connectivity index (χ1v) is 18.5. The van der Waals surface area contributed by atoms with Gasteiger partial charge in [0.1, 0.15) is 0 Å². The molecule has 54 heavy (non-hydrogen) atoms. The van der Waals surface area contributed by atoms with E-state index in [9.17, 15) is 0 Å². The van der Waals surface area contributed by atoms with Gasteiger partial charge in [-0.15, -0.1) is 0 Å². The lowest BCUT2D eigenvalue weighted by atomic mass is 9.94. The molecule has 2 nitrogen and oxygen atoms in total. The smallest absolute Gasteiger partial charge is 0.0561 e. The second-order valence-electron chi connectivity index (χ2n) is 13.7. The molecule has 254 valence electrons. The van der Waals surface area contributed by atoms with E-state index in [1.54, 1.807) is 0 Å². The Hall–Kier alpha value is -7.16. The molecular weight excluding hydrogens is 653 g/mol. The fourth-order valence-electron chi connectivity index (χ4n) is 8.14. The molecule has 0 saturated carbocycles. The second kappa shape index (κ2) is 13.4. The second-order valence-corrected chi connectivity index (χ2v) is 13.7. The van der Waals surface area contributed by atoms with E-state index in [4.69, 9.17) is 0 Å². The average molecular weight is 689 g/mol. The maximum atomic E-state index is 2.43. The normalized spacial score (nSPS) is 11.3. The average Bonchev–Trinajstić information content (AvgIpc) is 3.58. The lowest BCUT2D eigenvalue weighted by molar-refractivity contribution is 1.18. The summed E-state index contributed by atoms with van der Waals surface area (Å²) in [7, 11) is 0. The van der Waals surface area contributed by atoms with Gasteiger partial charge in [-0.05, 0) is 87.3 Å². The Balaban J connectivity index is 1.18. The third-order valence-electron chi connectivity index (χ3n) is 10.6. The quantitative estimate of drug-likeness (QED) is 0.162. The van der Waals surface area contributed by atoms with E-state index in [0.29, 0.717) is 0 Å². The third kappa shape index (κ3) is 5.44. The van der Waals surface area contributed by atoms with Gasteiger partial charge in [-0.1, -0.05) is 170 Å². The number of hydrogen-bond acceptors (Lipinski definition) is 1. The molecule has 0 spiro atoms. The number of para-hydroxylation sites is 2. The van der Waals surface area contributed by atoms with Crippen LogP contribution in [-0.2, 0) is 0 Å². The number of anilines is 3. The van der Waals surface area contributed by atoms with Crippen LogP contribution in [0.5, 0.6) is 0 Å². The Kier molecular flexibility index (Phi) is 7.85. The molecular formula is C52H36N2. The molecule has 0 amide bonds. The van der Waals surface area contributed by atoms with Gasteiger partial charge in [0.05, 0.1) is 16.7 Å². The van der Waals surface area contributed by atoms with Crippen molar-refractivity contribution in [3.63, 3.8) is 0 Å². The minimum absolute atomic E-state index is 1.10. The zero-order valence-corrected chi connectivity index (χ0v) is 29.7. The number of hydrogen-bond donors (Lipinski definition) is 0. The van der Waals surface area contributed by atoms with Crippen LogP contribution in [-0.4, -0.2) is 4.57 Å². The first-order valence-electron chi connectivity index (χ1n) is 18.5. The van der Waals surface area contributed by atoms with E-state index in [0.717, 1.165) is 28.3 Å². The Morgan fingerprint density at radius 2 is 0.852 bits per heavy atom. The first-order chi connectivity index (χ1) is 26.8. The molecule has 0 aliphatic rings. The molecule has 0 bridgehead atoms. The fraction of sp³-hybridized carbons (Fsp3) is 0. The molecule has 10 rings (SSSR count). The van der Waals surface area contributed by atoms with Gasteiger partial charge >= 0.3 is 0 Å². The summed E-state index contributed by atoms with van der Waals surface area (Å²) in [4.78, 5) is 2.41. The van der Waals surface area contributed by atoms with Crippen molar-refractivity contribution in [3.05, 3.63) is 218 Å². The fourth-order valence-corrected chi connectivity index (χ4v) is 8.14. The number of nitrogens with zero attached hydrogens (tertiary/aromatic N) is 2. The zero-order chi connectivity index (χ0) is 35.8. The minimum atomic E-state index is 1.10. The maximum absolute atomic E-state index is 2.43. The van der Waals surface area contributed by atoms with E-state index >= 15 is 0 Å². The van der Waals surface area contributed by atoms with E-state index in [-0.39, 0.29) is 0 Å². The van der Waals surface area contributed by atoms with Crippen molar-refractivity contribution in [2.75, 3.05) is 4.90 Å². The highest BCUT2D eigenvalue weighted by Crippen LogP contribution is 2.44. The van der Waals surface area contributed by atoms with Crippen molar-refractivity contribution in [1.29, 1.82) is 0 Å². The Bertz CT molecular complexity index is 2930. The number of fused-ring (bicyclic) bond motifs is 4. The molecule has 0 saturated heterocycles. The third-order valence-corrected chi connectivity index (χ3v) is 10.6. The standard InChI is InChI=1S/C52H36N2/c1-4-17-37(18-5-1)43-25-10-11-26-44(43)39-21-16-24-41(35-39)54-50-30-15-14-29-48(50)49-32-31-42(36-52(49)54)53(40-22-8-3-9-23-40)51-34-33-45(38-19-6-2-7-20-38)46-27-12-13-28-47(46)51/h1-36H. The predicted molar refractivity (Wildman–Crippen MR) is 229 cm³/mol. The summed E-state index contributed by atoms with van der Waals surface area (Å²) in [6, 6.07) is 78.8. The number of benzene rings is 9. The summed E-state index contributed by atoms with van der Waals surface area (Å²) < 4.78 is 2.43. The van der Waals surface area contributed by atoms with Crippen molar-refractivity contribution in [1.82, 2.24) is 4.57 Å². The van der Waals surface area contributed by atoms with Crippen molar-refractivity contribution in [2.45, 2.75) is 0 Å². The molecule has 0 fully saturated rings. The summed E-state index contributed by atoms with van der Waals surface area (Å²) >= 11 is 0. The maximum Gasteiger partial charge on any atom is 0.0561 e. The van der Waals surface area contributed by atoms with Crippen molar-refractivity contribution in [3.8, 4) is 39.1 Å². The molecule has 2 heteroatoms. The molecule has 0 atom stereocenters. The largest absolute Gasteiger partial charge is 0.310 e. The van der Waals surface area contributed by atoms with Crippen LogP contribution in [0.3, 0.4) is 0 Å². The molecule has 1 aromatic heterocycles. The van der Waals surface area contributed by atoms with Crippen LogP contribution in [0.1, 0.15) is 0 Å². The number of rotatable bonds is 7. The lowest BCUT2D eigenvalue weighted by Gasteiger charge is -2.27. The van der Waals surface area contributed by atoms with Crippen molar-refractivity contribution < 1.29 is 0 Å². The van der Waals surface area contributed by atoms with Crippen molar-refractivity contribution in [2.24, 2.45) is 0 Å². The van der Waals surface area contributed by atoms with E-state index < -0.39 is 0 Å². The molecule has 9 aromatic carbocycles. The molecule has 0 aliphatic heterocycles. The SMILES string of the molecule is c1ccc(-c2ccccc2-c2cccc(-n3c4ccccc4c4ccc(N(c5ccccc5)c5ccc(-c6ccccc6)c6ccccc56)cc43)c2)cc1. The van der Waals surface area contributed by atoms with Crippen LogP contribution in [0.4, 0.5) is 17.1 Å². The summed E-state index contributed by atoms with van der Waals surface area (Å²) in [5.41, 5.74) is 14.1. The van der Waals surface area contributed by atoms with Gasteiger partial charge in [0.2, 0.25) is 0 Å². The van der Waals surface area contributed by atoms with Gasteiger partial charge in [-0.25, -0.2) is 0 Å². The Morgan fingerprint density at radius 3 is 1.59 bits per heavy atom. The monoisotopic (exact) mass is 688 g/mol. The molecule has 10 aromatic rings. The minimum Gasteiger partial charge on any atom is -0.310 e. The van der Waals surface area contributed by atoms with Gasteiger partial charge in [0.25, 0.3) is 0 Å². The lowest BCUT2D eigenvalue weighted by Crippen LogP contribution is -2.10. The van der Waals surface area contributed by atoms with Gasteiger partial charge in [0, 0.05) is 33.2 Å². The topological polar surface area (TPSA) is 8.17 Å². The highest BCUT2D eigenvalue weighted by molar-refractivity contribution is 6.11. The molecule has 0 aliphatic carbocycles. The van der Waals surface area contributed by atoms with Crippen LogP contribution in [0, 0.1) is 0 Å². The summed E-state index contributed by atoms with van der Waals surface area (Å²) in [5, 5.41) is 4.89. The summed E-state index contributed by atoms with van der Waals surface area (Å²) in [6.45, 7) is 0. The first kappa shape index (κ1) is 31.6. The van der Waals surface area contributed by atoms with Gasteiger partial charge in [0.15, 0.2) is 0 Å². The van der Waals surface area contributed by atoms with Crippen LogP contribution in [0.15, 0.2) is 218 Å². The summed E-state index contributed by atoms with van der Waals surface area (Å²) in [5.74, 6) is 0. The molecule has 0 radical (unpaired) electrons. The molecule has 0 N–H and O–H groups in total. The highest BCUT2D eigenvalue weighted by atomic mass is 15.1. The zero-order valence-electron chi connectivity index (χ0n) is 29.7.